The smallest absolute Gasteiger partial charge is 0.315 e. The molecule has 0 radical (unpaired) electrons. The Morgan fingerprint density at radius 2 is 2.20 bits per heavy atom. The first-order chi connectivity index (χ1) is 9.40. The zero-order valence-corrected chi connectivity index (χ0v) is 13.6. The molecular weight excluding hydrogens is 270 g/mol. The molecule has 0 unspecified atom stereocenters. The maximum absolute atomic E-state index is 12.1. The first kappa shape index (κ1) is 15.3. The van der Waals surface area contributed by atoms with Crippen molar-refractivity contribution in [3.05, 3.63) is 22.4 Å². The van der Waals surface area contributed by atoms with Gasteiger partial charge in [-0.1, -0.05) is 6.07 Å². The molecule has 0 aromatic carbocycles. The van der Waals surface area contributed by atoms with Crippen molar-refractivity contribution in [2.24, 2.45) is 5.92 Å². The summed E-state index contributed by atoms with van der Waals surface area (Å²) < 4.78 is 0. The molecule has 2 amide bonds. The van der Waals surface area contributed by atoms with E-state index in [2.05, 4.69) is 40.8 Å². The minimum absolute atomic E-state index is 0.0645. The van der Waals surface area contributed by atoms with Crippen molar-refractivity contribution < 1.29 is 4.79 Å². The van der Waals surface area contributed by atoms with Crippen molar-refractivity contribution >= 4 is 17.4 Å². The van der Waals surface area contributed by atoms with Gasteiger partial charge in [0, 0.05) is 17.0 Å². The minimum atomic E-state index is -0.0966. The van der Waals surface area contributed by atoms with Gasteiger partial charge in [0.25, 0.3) is 0 Å². The first-order valence-electron chi connectivity index (χ1n) is 7.16. The number of likely N-dealkylation sites (N-methyl/N-ethyl adjacent to an activating group) is 1. The zero-order valence-electron chi connectivity index (χ0n) is 12.8. The summed E-state index contributed by atoms with van der Waals surface area (Å²) in [6, 6.07) is 4.32. The van der Waals surface area contributed by atoms with E-state index in [9.17, 15) is 4.79 Å². The van der Waals surface area contributed by atoms with Gasteiger partial charge < -0.3 is 15.5 Å². The number of amides is 2. The predicted octanol–water partition coefficient (Wildman–Crippen LogP) is 2.84. The van der Waals surface area contributed by atoms with Gasteiger partial charge in [-0.05, 0) is 58.1 Å². The number of urea groups is 1. The minimum Gasteiger partial charge on any atom is -0.336 e. The number of thiophene rings is 1. The fraction of sp³-hybridized carbons (Fsp3) is 0.667. The molecular formula is C15H25N3OS. The fourth-order valence-electron chi connectivity index (χ4n) is 2.45. The molecule has 1 atom stereocenters. The molecule has 112 valence electrons. The van der Waals surface area contributed by atoms with Crippen LogP contribution in [0.3, 0.4) is 0 Å². The molecule has 1 heterocycles. The molecule has 0 aliphatic heterocycles. The highest BCUT2D eigenvalue weighted by molar-refractivity contribution is 7.10. The van der Waals surface area contributed by atoms with Crippen molar-refractivity contribution in [2.45, 2.75) is 38.3 Å². The van der Waals surface area contributed by atoms with Gasteiger partial charge in [-0.3, -0.25) is 0 Å². The van der Waals surface area contributed by atoms with Gasteiger partial charge in [0.2, 0.25) is 0 Å². The monoisotopic (exact) mass is 295 g/mol. The number of carbonyl (C=O) groups excluding carboxylic acids is 1. The average molecular weight is 295 g/mol. The van der Waals surface area contributed by atoms with Gasteiger partial charge >= 0.3 is 6.03 Å². The van der Waals surface area contributed by atoms with Gasteiger partial charge in [0.1, 0.15) is 0 Å². The third-order valence-electron chi connectivity index (χ3n) is 3.98. The normalized spacial score (nSPS) is 17.1. The predicted molar refractivity (Wildman–Crippen MR) is 84.1 cm³/mol. The summed E-state index contributed by atoms with van der Waals surface area (Å²) in [5.41, 5.74) is -0.0966. The van der Waals surface area contributed by atoms with E-state index in [1.807, 2.05) is 20.2 Å². The van der Waals surface area contributed by atoms with Crippen LogP contribution in [0, 0.1) is 5.92 Å². The number of rotatable bonds is 6. The van der Waals surface area contributed by atoms with Crippen molar-refractivity contribution in [2.75, 3.05) is 20.6 Å². The van der Waals surface area contributed by atoms with Crippen molar-refractivity contribution in [3.8, 4) is 0 Å². The highest BCUT2D eigenvalue weighted by Gasteiger charge is 2.38. The topological polar surface area (TPSA) is 44.4 Å². The second-order valence-electron chi connectivity index (χ2n) is 6.33. The third-order valence-corrected chi connectivity index (χ3v) is 4.96. The fourth-order valence-corrected chi connectivity index (χ4v) is 3.37. The molecule has 0 saturated heterocycles. The quantitative estimate of drug-likeness (QED) is 0.847. The Bertz CT molecular complexity index is 438. The van der Waals surface area contributed by atoms with E-state index >= 15 is 0 Å². The molecule has 1 fully saturated rings. The number of hydrogen-bond acceptors (Lipinski definition) is 3. The van der Waals surface area contributed by atoms with Gasteiger partial charge in [-0.25, -0.2) is 4.79 Å². The molecule has 0 bridgehead atoms. The Morgan fingerprint density at radius 1 is 1.50 bits per heavy atom. The van der Waals surface area contributed by atoms with E-state index in [4.69, 9.17) is 0 Å². The second-order valence-corrected chi connectivity index (χ2v) is 7.31. The summed E-state index contributed by atoms with van der Waals surface area (Å²) in [6.07, 6.45) is 2.45. The number of nitrogens with one attached hydrogen (secondary N) is 2. The van der Waals surface area contributed by atoms with E-state index < -0.39 is 0 Å². The number of carbonyl (C=O) groups is 1. The standard InChI is InChI=1S/C15H25N3OS/c1-15(2,11-7-8-11)17-14(19)16-10-12(18(3)4)13-6-5-9-20-13/h5-6,9,11-12H,7-8,10H2,1-4H3,(H2,16,17,19)/t12-/m1/s1. The summed E-state index contributed by atoms with van der Waals surface area (Å²) in [5, 5.41) is 8.17. The van der Waals surface area contributed by atoms with E-state index in [-0.39, 0.29) is 17.6 Å². The van der Waals surface area contributed by atoms with Crippen LogP contribution in [0.2, 0.25) is 0 Å². The number of nitrogens with zero attached hydrogens (tertiary/aromatic N) is 1. The summed E-state index contributed by atoms with van der Waals surface area (Å²) >= 11 is 1.73. The highest BCUT2D eigenvalue weighted by atomic mass is 32.1. The lowest BCUT2D eigenvalue weighted by molar-refractivity contribution is 0.219. The lowest BCUT2D eigenvalue weighted by Crippen LogP contribution is -2.50. The molecule has 1 saturated carbocycles. The Labute approximate surface area is 125 Å². The van der Waals surface area contributed by atoms with Crippen LogP contribution < -0.4 is 10.6 Å². The molecule has 1 aliphatic rings. The Morgan fingerprint density at radius 3 is 2.70 bits per heavy atom. The molecule has 5 heteroatoms. The Hall–Kier alpha value is -1.07. The molecule has 20 heavy (non-hydrogen) atoms. The summed E-state index contributed by atoms with van der Waals surface area (Å²) in [7, 11) is 4.08. The SMILES string of the molecule is CN(C)[C@H](CNC(=O)NC(C)(C)C1CC1)c1cccs1. The van der Waals surface area contributed by atoms with Crippen LogP contribution in [0.1, 0.15) is 37.6 Å². The molecule has 1 aromatic heterocycles. The number of hydrogen-bond donors (Lipinski definition) is 2. The van der Waals surface area contributed by atoms with Gasteiger partial charge in [-0.15, -0.1) is 11.3 Å². The molecule has 1 aromatic rings. The van der Waals surface area contributed by atoms with E-state index in [0.717, 1.165) is 0 Å². The van der Waals surface area contributed by atoms with Crippen LogP contribution in [0.25, 0.3) is 0 Å². The van der Waals surface area contributed by atoms with Crippen LogP contribution in [-0.4, -0.2) is 37.1 Å². The first-order valence-corrected chi connectivity index (χ1v) is 8.04. The summed E-state index contributed by atoms with van der Waals surface area (Å²) in [5.74, 6) is 0.634. The Kier molecular flexibility index (Phi) is 4.70. The van der Waals surface area contributed by atoms with Crippen LogP contribution >= 0.6 is 11.3 Å². The maximum atomic E-state index is 12.1. The molecule has 2 rings (SSSR count). The largest absolute Gasteiger partial charge is 0.336 e. The average Bonchev–Trinajstić information content (AvgIpc) is 3.08. The van der Waals surface area contributed by atoms with Crippen molar-refractivity contribution in [1.82, 2.24) is 15.5 Å². The molecule has 2 N–H and O–H groups in total. The van der Waals surface area contributed by atoms with E-state index in [1.54, 1.807) is 11.3 Å². The molecule has 1 aliphatic carbocycles. The second kappa shape index (κ2) is 6.14. The van der Waals surface area contributed by atoms with Crippen LogP contribution in [0.4, 0.5) is 4.79 Å². The molecule has 0 spiro atoms. The van der Waals surface area contributed by atoms with Crippen LogP contribution in [-0.2, 0) is 0 Å². The Balaban J connectivity index is 1.85. The summed E-state index contributed by atoms with van der Waals surface area (Å²) in [4.78, 5) is 15.5. The van der Waals surface area contributed by atoms with Gasteiger partial charge in [0.15, 0.2) is 0 Å². The zero-order chi connectivity index (χ0) is 14.8. The third kappa shape index (κ3) is 3.96. The maximum Gasteiger partial charge on any atom is 0.315 e. The van der Waals surface area contributed by atoms with Crippen LogP contribution in [0.5, 0.6) is 0 Å². The van der Waals surface area contributed by atoms with Gasteiger partial charge in [-0.2, -0.15) is 0 Å². The van der Waals surface area contributed by atoms with Crippen LogP contribution in [0.15, 0.2) is 17.5 Å². The van der Waals surface area contributed by atoms with E-state index in [0.29, 0.717) is 12.5 Å². The van der Waals surface area contributed by atoms with Crippen molar-refractivity contribution in [3.63, 3.8) is 0 Å². The lowest BCUT2D eigenvalue weighted by Gasteiger charge is -2.28. The van der Waals surface area contributed by atoms with Crippen molar-refractivity contribution in [1.29, 1.82) is 0 Å². The highest BCUT2D eigenvalue weighted by Crippen LogP contribution is 2.39. The lowest BCUT2D eigenvalue weighted by atomic mass is 9.99. The molecule has 4 nitrogen and oxygen atoms in total. The van der Waals surface area contributed by atoms with E-state index in [1.165, 1.54) is 17.7 Å². The summed E-state index contributed by atoms with van der Waals surface area (Å²) in [6.45, 7) is 4.83. The van der Waals surface area contributed by atoms with Gasteiger partial charge in [0.05, 0.1) is 6.04 Å².